The molecule has 1 N–H and O–H groups in total. The molecule has 0 saturated carbocycles. The van der Waals surface area contributed by atoms with Crippen molar-refractivity contribution in [1.82, 2.24) is 9.55 Å². The number of anilines is 2. The number of aromatic nitrogens is 2. The third kappa shape index (κ3) is 5.35. The van der Waals surface area contributed by atoms with Crippen molar-refractivity contribution >= 4 is 19.7 Å². The Morgan fingerprint density at radius 3 is 1.97 bits per heavy atom. The average Bonchev–Trinajstić information content (AvgIpc) is 3.50. The summed E-state index contributed by atoms with van der Waals surface area (Å²) in [4.78, 5) is 32.2. The third-order valence-corrected chi connectivity index (χ3v) is 13.0. The van der Waals surface area contributed by atoms with Gasteiger partial charge < -0.3 is 19.0 Å². The van der Waals surface area contributed by atoms with Gasteiger partial charge in [0.15, 0.2) is 8.32 Å². The summed E-state index contributed by atoms with van der Waals surface area (Å²) in [5.41, 5.74) is 1.88. The first-order valence-electron chi connectivity index (χ1n) is 13.7. The van der Waals surface area contributed by atoms with E-state index in [0.717, 1.165) is 24.5 Å². The predicted octanol–water partition coefficient (Wildman–Crippen LogP) is 4.88. The van der Waals surface area contributed by atoms with Crippen LogP contribution in [0.1, 0.15) is 39.0 Å². The van der Waals surface area contributed by atoms with Gasteiger partial charge in [0.25, 0.3) is 5.56 Å². The van der Waals surface area contributed by atoms with Crippen LogP contribution < -0.4 is 21.0 Å². The molecule has 0 bridgehead atoms. The summed E-state index contributed by atoms with van der Waals surface area (Å²) in [5, 5.41) is 0.00889. The number of rotatable bonds is 6. The van der Waals surface area contributed by atoms with Crippen molar-refractivity contribution in [3.8, 4) is 0 Å². The summed E-state index contributed by atoms with van der Waals surface area (Å²) in [6.45, 7) is 14.6. The van der Waals surface area contributed by atoms with Crippen LogP contribution in [0.25, 0.3) is 0 Å². The van der Waals surface area contributed by atoms with Crippen molar-refractivity contribution in [2.75, 3.05) is 22.9 Å². The molecule has 2 aromatic carbocycles. The van der Waals surface area contributed by atoms with Crippen LogP contribution in [0.15, 0.2) is 76.4 Å². The van der Waals surface area contributed by atoms with Crippen molar-refractivity contribution < 1.29 is 9.16 Å². The molecule has 0 unspecified atom stereocenters. The van der Waals surface area contributed by atoms with E-state index in [1.54, 1.807) is 13.1 Å². The highest BCUT2D eigenvalue weighted by molar-refractivity contribution is 6.74. The zero-order chi connectivity index (χ0) is 27.9. The van der Waals surface area contributed by atoms with E-state index < -0.39 is 20.2 Å². The molecule has 39 heavy (non-hydrogen) atoms. The lowest BCUT2D eigenvalue weighted by Gasteiger charge is -2.43. The molecule has 8 nitrogen and oxygen atoms in total. The number of para-hydroxylation sites is 2. The maximum absolute atomic E-state index is 12.9. The molecular formula is C30H40N4O4Si. The number of nitrogens with one attached hydrogen (secondary N) is 1. The first-order valence-corrected chi connectivity index (χ1v) is 16.7. The van der Waals surface area contributed by atoms with E-state index in [4.69, 9.17) is 9.16 Å². The Kier molecular flexibility index (Phi) is 7.34. The lowest BCUT2D eigenvalue weighted by molar-refractivity contribution is -0.0294. The normalized spacial score (nSPS) is 22.6. The van der Waals surface area contributed by atoms with Crippen LogP contribution in [0.2, 0.25) is 18.1 Å². The van der Waals surface area contributed by atoms with E-state index in [-0.39, 0.29) is 29.0 Å². The van der Waals surface area contributed by atoms with Crippen molar-refractivity contribution in [1.29, 1.82) is 0 Å². The van der Waals surface area contributed by atoms with E-state index in [2.05, 4.69) is 97.2 Å². The molecule has 2 aliphatic rings. The molecule has 3 heterocycles. The molecular weight excluding hydrogens is 508 g/mol. The van der Waals surface area contributed by atoms with Gasteiger partial charge in [0, 0.05) is 42.6 Å². The van der Waals surface area contributed by atoms with E-state index in [1.807, 2.05) is 12.1 Å². The minimum atomic E-state index is -2.19. The van der Waals surface area contributed by atoms with Gasteiger partial charge in [-0.3, -0.25) is 14.3 Å². The smallest absolute Gasteiger partial charge is 0.330 e. The number of benzene rings is 2. The van der Waals surface area contributed by atoms with Crippen molar-refractivity contribution in [2.45, 2.75) is 76.8 Å². The van der Waals surface area contributed by atoms with Crippen LogP contribution in [0.5, 0.6) is 0 Å². The molecule has 0 aliphatic carbocycles. The number of ether oxygens (including phenoxy) is 1. The minimum absolute atomic E-state index is 0.00889. The quantitative estimate of drug-likeness (QED) is 0.443. The van der Waals surface area contributed by atoms with Gasteiger partial charge in [0.05, 0.1) is 6.10 Å². The van der Waals surface area contributed by atoms with Crippen LogP contribution >= 0.6 is 0 Å². The first-order chi connectivity index (χ1) is 18.5. The topological polar surface area (TPSA) is 79.8 Å². The van der Waals surface area contributed by atoms with E-state index >= 15 is 0 Å². The minimum Gasteiger partial charge on any atom is -0.411 e. The average molecular weight is 549 g/mol. The Morgan fingerprint density at radius 2 is 1.46 bits per heavy atom. The Balaban J connectivity index is 1.59. The third-order valence-electron chi connectivity index (χ3n) is 8.51. The second-order valence-electron chi connectivity index (χ2n) is 12.2. The zero-order valence-corrected chi connectivity index (χ0v) is 24.8. The highest BCUT2D eigenvalue weighted by Gasteiger charge is 2.51. The number of aromatic amines is 1. The molecule has 0 amide bonds. The van der Waals surface area contributed by atoms with Crippen molar-refractivity contribution in [3.63, 3.8) is 0 Å². The van der Waals surface area contributed by atoms with Crippen molar-refractivity contribution in [2.24, 2.45) is 0 Å². The van der Waals surface area contributed by atoms with Gasteiger partial charge >= 0.3 is 5.69 Å². The Bertz CT molecular complexity index is 1350. The molecule has 2 saturated heterocycles. The molecule has 0 radical (unpaired) electrons. The van der Waals surface area contributed by atoms with Gasteiger partial charge in [-0.25, -0.2) is 4.79 Å². The van der Waals surface area contributed by atoms with Crippen LogP contribution in [-0.2, 0) is 9.16 Å². The SMILES string of the molecule is Cc1cn([C@H]2C[C@H](O[Si](C)(C)C(C)(C)C)[C@@H](C3N(c4ccccc4)CCN3c3ccccc3)O2)c(=O)[nH]c1=O. The summed E-state index contributed by atoms with van der Waals surface area (Å²) in [7, 11) is -2.19. The van der Waals surface area contributed by atoms with E-state index in [9.17, 15) is 9.59 Å². The largest absolute Gasteiger partial charge is 0.411 e. The summed E-state index contributed by atoms with van der Waals surface area (Å²) in [6, 6.07) is 20.8. The highest BCUT2D eigenvalue weighted by atomic mass is 28.4. The van der Waals surface area contributed by atoms with E-state index in [1.165, 1.54) is 4.57 Å². The van der Waals surface area contributed by atoms with Crippen LogP contribution in [-0.4, -0.2) is 49.3 Å². The zero-order valence-electron chi connectivity index (χ0n) is 23.8. The lowest BCUT2D eigenvalue weighted by Crippen LogP contribution is -2.55. The van der Waals surface area contributed by atoms with E-state index in [0.29, 0.717) is 12.0 Å². The maximum atomic E-state index is 12.9. The van der Waals surface area contributed by atoms with Gasteiger partial charge in [0.2, 0.25) is 0 Å². The van der Waals surface area contributed by atoms with Crippen LogP contribution in [0.3, 0.4) is 0 Å². The number of aryl methyl sites for hydroxylation is 1. The fourth-order valence-corrected chi connectivity index (χ4v) is 6.72. The molecule has 208 valence electrons. The molecule has 5 rings (SSSR count). The molecule has 1 aromatic heterocycles. The molecule has 0 spiro atoms. The van der Waals surface area contributed by atoms with Crippen LogP contribution in [0, 0.1) is 6.92 Å². The predicted molar refractivity (Wildman–Crippen MR) is 158 cm³/mol. The Hall–Kier alpha value is -3.14. The van der Waals surface area contributed by atoms with Gasteiger partial charge in [-0.15, -0.1) is 0 Å². The van der Waals surface area contributed by atoms with Gasteiger partial charge in [-0.1, -0.05) is 57.2 Å². The molecule has 2 aliphatic heterocycles. The standard InChI is InChI=1S/C30H40N4O4Si/c1-21-20-34(29(36)31-27(21)35)25-19-24(38-39(5,6)30(2,3)4)26(37-25)28-32(22-13-9-7-10-14-22)17-18-33(28)23-15-11-8-12-16-23/h7-16,20,24-26,28H,17-19H2,1-6H3,(H,31,35,36)/t24-,25+,26-/m0/s1. The first kappa shape index (κ1) is 27.4. The van der Waals surface area contributed by atoms with Crippen molar-refractivity contribution in [3.05, 3.63) is 93.3 Å². The summed E-state index contributed by atoms with van der Waals surface area (Å²) >= 11 is 0. The lowest BCUT2D eigenvalue weighted by atomic mass is 10.1. The summed E-state index contributed by atoms with van der Waals surface area (Å²) < 4.78 is 15.4. The molecule has 9 heteroatoms. The second kappa shape index (κ2) is 10.4. The maximum Gasteiger partial charge on any atom is 0.330 e. The fourth-order valence-electron chi connectivity index (χ4n) is 5.37. The number of hydrogen-bond donors (Lipinski definition) is 1. The van der Waals surface area contributed by atoms with Gasteiger partial charge in [0.1, 0.15) is 18.5 Å². The fraction of sp³-hybridized carbons (Fsp3) is 0.467. The second-order valence-corrected chi connectivity index (χ2v) is 16.9. The summed E-state index contributed by atoms with van der Waals surface area (Å²) in [6.07, 6.45) is 0.847. The Morgan fingerprint density at radius 1 is 0.923 bits per heavy atom. The molecule has 2 fully saturated rings. The van der Waals surface area contributed by atoms with Crippen LogP contribution in [0.4, 0.5) is 11.4 Å². The number of nitrogens with zero attached hydrogens (tertiary/aromatic N) is 3. The number of hydrogen-bond acceptors (Lipinski definition) is 6. The number of H-pyrrole nitrogens is 1. The molecule has 3 aromatic rings. The Labute approximate surface area is 231 Å². The van der Waals surface area contributed by atoms with Gasteiger partial charge in [-0.05, 0) is 49.3 Å². The highest BCUT2D eigenvalue weighted by Crippen LogP contribution is 2.44. The summed E-state index contributed by atoms with van der Waals surface area (Å²) in [5.74, 6) is 0. The monoisotopic (exact) mass is 548 g/mol. The van der Waals surface area contributed by atoms with Gasteiger partial charge in [-0.2, -0.15) is 0 Å². The molecule has 3 atom stereocenters.